The number of likely N-dealkylation sites (tertiary alicyclic amines) is 5. The standard InChI is InChI=1S/C24H34N4O3S.2C21H29N3O4S.C20H32FN3O3S.C19H25N3O4S/c1-27-13-19(14-27)28-17-8-9-18(28)12-20(11-17)32(30,31)26-24(29)25-23-21-6-2-4-15(21)10-16-5-3-7-22(16)23;25-21(22-20-18-7-1-4-14(18)10-15-5-2-8-19(15)20)23-29(26,27)17-12-24(13-17)11-16-6-3-9-28-16;25-21(22-20-18-5-1-3-15(18)9-16-4-2-6-19(16)20)23-29(26,27)17-11-24(12-17)10-14-7-8-28-13-14;1-7-14(6)24-10-16(11-24)28(26,27)23-20(25)22-19-17(12(2)3)8-15(21)9-18(19)13(4)5;1-2-22-11-14(10-17(22)23)27(25,26)21-19(24)20-18-15-7-3-5-12(15)9-13-6-4-8-16(13)18/h10,17-20H,2-9,11-14H2,1H3,(H2,25,26,29);10,16-17H,1-9,11-13H2,(H2,22,23,25);9,14,17H,1-8,10-13H2,(H2,22,23,25);8-9,12-14,16H,7,10-11H2,1-6H3,(H2,22,23,25);9,14H,2-8,10-11H2,1H3,(H2,20,21,24)/t17-,18+,20?;;;;. The van der Waals surface area contributed by atoms with Gasteiger partial charge in [-0.05, 0) is 356 Å². The van der Waals surface area contributed by atoms with Gasteiger partial charge in [0.25, 0.3) is 0 Å². The largest absolute Gasteiger partial charge is 0.381 e. The Kier molecular flexibility index (Phi) is 32.6. The average molecular weight is 2100 g/mol. The van der Waals surface area contributed by atoms with Gasteiger partial charge in [-0.3, -0.25) is 19.5 Å². The van der Waals surface area contributed by atoms with Crippen molar-refractivity contribution in [1.82, 2.24) is 53.0 Å². The molecule has 9 aliphatic heterocycles. The number of carbonyl (C=O) groups excluding carboxylic acids is 6. The summed E-state index contributed by atoms with van der Waals surface area (Å²) in [5, 5.41) is 11.3. The lowest BCUT2D eigenvalue weighted by molar-refractivity contribution is -0.127. The lowest BCUT2D eigenvalue weighted by atomic mass is 9.92. The lowest BCUT2D eigenvalue weighted by Gasteiger charge is -2.50. The lowest BCUT2D eigenvalue weighted by Crippen LogP contribution is -2.63. The van der Waals surface area contributed by atoms with E-state index < -0.39 is 107 Å². The average Bonchev–Trinajstić information content (AvgIpc) is 1.60. The third-order valence-electron chi connectivity index (χ3n) is 33.6. The van der Waals surface area contributed by atoms with Crippen molar-refractivity contribution in [3.8, 4) is 0 Å². The number of piperidine rings is 1. The Morgan fingerprint density at radius 2 is 0.724 bits per heavy atom. The van der Waals surface area contributed by atoms with E-state index in [0.29, 0.717) is 106 Å². The summed E-state index contributed by atoms with van der Waals surface area (Å²) >= 11 is 0. The number of rotatable bonds is 25. The van der Waals surface area contributed by atoms with E-state index in [9.17, 15) is 75.2 Å². The second kappa shape index (κ2) is 44.5. The third-order valence-corrected chi connectivity index (χ3v) is 41.9. The van der Waals surface area contributed by atoms with E-state index in [1.54, 1.807) is 0 Å². The highest BCUT2D eigenvalue weighted by Crippen LogP contribution is 2.47. The SMILES string of the molecule is CCC(C)N1CC(S(=O)(=O)NC(=O)Nc2c(C(C)C)cc(F)cc2C(C)C)C1.CCN1CC(S(=O)(=O)NC(=O)Nc2c3c(cc4c2CCC4)CCC3)CC1=O.CN1CC(N2[C@@H]3CC[C@H]2CC(S(=O)(=O)NC(=O)Nc2c4c(cc5c2CCC5)CCC4)C3)C1.O=C(Nc1c2c(cc3c1CCC3)CCC2)NS(=O)(=O)C1CN(CC2CCCO2)C1.O=C(Nc1c2c(cc3c1CCC3)CCC2)NS(=O)(=O)C1CN(CC2CCOC2)C1. The Bertz CT molecular complexity index is 6050. The summed E-state index contributed by atoms with van der Waals surface area (Å²) < 4.78 is 163. The van der Waals surface area contributed by atoms with Crippen LogP contribution in [0.25, 0.3) is 0 Å². The Labute approximate surface area is 855 Å². The third kappa shape index (κ3) is 23.9. The van der Waals surface area contributed by atoms with Gasteiger partial charge < -0.3 is 50.8 Å². The second-order valence-corrected chi connectivity index (χ2v) is 54.0. The van der Waals surface area contributed by atoms with Crippen molar-refractivity contribution in [2.75, 3.05) is 132 Å². The van der Waals surface area contributed by atoms with Gasteiger partial charge in [-0.15, -0.1) is 0 Å². The first-order chi connectivity index (χ1) is 69.2. The van der Waals surface area contributed by atoms with Crippen molar-refractivity contribution in [3.05, 3.63) is 142 Å². The number of sulfonamides is 5. The van der Waals surface area contributed by atoms with E-state index in [0.717, 1.165) is 273 Å². The maximum Gasteiger partial charge on any atom is 0.332 e. The number of ether oxygens (including phenoxy) is 2. The molecule has 40 heteroatoms. The molecule has 11 amide bonds. The quantitative estimate of drug-likeness (QED) is 0.0259. The van der Waals surface area contributed by atoms with E-state index in [1.165, 1.54) is 94.9 Å². The smallest absolute Gasteiger partial charge is 0.332 e. The zero-order chi connectivity index (χ0) is 102. The number of benzene rings is 5. The van der Waals surface area contributed by atoms with Crippen molar-refractivity contribution in [2.24, 2.45) is 5.92 Å². The first kappa shape index (κ1) is 106. The Balaban J connectivity index is 0.000000119. The molecular formula is C105H149FN16O18S5. The van der Waals surface area contributed by atoms with Gasteiger partial charge in [0.05, 0.1) is 18.0 Å². The molecule has 5 unspecified atom stereocenters. The van der Waals surface area contributed by atoms with Gasteiger partial charge in [-0.25, -0.2) is 94.1 Å². The van der Waals surface area contributed by atoms with Crippen LogP contribution in [-0.4, -0.2) is 269 Å². The van der Waals surface area contributed by atoms with E-state index in [4.69, 9.17) is 9.47 Å². The van der Waals surface area contributed by atoms with E-state index in [2.05, 4.69) is 120 Å². The highest BCUT2D eigenvalue weighted by atomic mass is 32.2. The summed E-state index contributed by atoms with van der Waals surface area (Å²) in [6.07, 6.45) is 32.2. The van der Waals surface area contributed by atoms with E-state index in [-0.39, 0.29) is 42.6 Å². The molecule has 2 bridgehead atoms. The number of aryl methyl sites for hydroxylation is 8. The molecule has 145 heavy (non-hydrogen) atoms. The maximum atomic E-state index is 14.0. The highest BCUT2D eigenvalue weighted by Gasteiger charge is 2.51. The van der Waals surface area contributed by atoms with Gasteiger partial charge in [0.15, 0.2) is 0 Å². The van der Waals surface area contributed by atoms with Gasteiger partial charge in [-0.1, -0.05) is 58.9 Å². The van der Waals surface area contributed by atoms with Crippen LogP contribution in [0.3, 0.4) is 0 Å². The first-order valence-electron chi connectivity index (χ1n) is 53.5. The van der Waals surface area contributed by atoms with Crippen molar-refractivity contribution in [2.45, 2.75) is 329 Å². The van der Waals surface area contributed by atoms with Crippen molar-refractivity contribution < 1.29 is 84.7 Å². The van der Waals surface area contributed by atoms with Crippen LogP contribution in [0.4, 0.5) is 56.8 Å². The molecule has 0 saturated carbocycles. The fourth-order valence-electron chi connectivity index (χ4n) is 25.6. The molecule has 794 valence electrons. The number of nitrogens with zero attached hydrogens (tertiary/aromatic N) is 6. The van der Waals surface area contributed by atoms with Crippen molar-refractivity contribution >= 4 is 115 Å². The minimum absolute atomic E-state index is 0.0316. The minimum atomic E-state index is -3.91. The van der Waals surface area contributed by atoms with Crippen molar-refractivity contribution in [1.29, 1.82) is 0 Å². The maximum absolute atomic E-state index is 14.0. The van der Waals surface area contributed by atoms with Gasteiger partial charge in [-0.2, -0.15) is 0 Å². The molecule has 34 nitrogen and oxygen atoms in total. The summed E-state index contributed by atoms with van der Waals surface area (Å²) in [7, 11) is -16.6. The fraction of sp³-hybridized carbons (Fsp3) is 0.657. The summed E-state index contributed by atoms with van der Waals surface area (Å²) in [4.78, 5) is 87.6. The molecule has 5 aromatic carbocycles. The number of halogens is 1. The van der Waals surface area contributed by atoms with Gasteiger partial charge in [0.2, 0.25) is 56.0 Å². The Morgan fingerprint density at radius 3 is 1.03 bits per heavy atom. The number of nitrogens with one attached hydrogen (secondary N) is 10. The first-order valence-corrected chi connectivity index (χ1v) is 61.2. The van der Waals surface area contributed by atoms with Crippen LogP contribution in [0.1, 0.15) is 270 Å². The van der Waals surface area contributed by atoms with Crippen LogP contribution in [0.5, 0.6) is 0 Å². The molecule has 8 aliphatic carbocycles. The van der Waals surface area contributed by atoms with Crippen LogP contribution in [0.2, 0.25) is 0 Å². The fourth-order valence-corrected chi connectivity index (χ4v) is 32.1. The van der Waals surface area contributed by atoms with Gasteiger partial charge in [0.1, 0.15) is 26.8 Å². The van der Waals surface area contributed by atoms with Crippen LogP contribution >= 0.6 is 0 Å². The summed E-state index contributed by atoms with van der Waals surface area (Å²) in [6.45, 7) is 23.0. The second-order valence-electron chi connectivity index (χ2n) is 44.1. The molecule has 5 aromatic rings. The van der Waals surface area contributed by atoms with E-state index in [1.807, 2.05) is 34.6 Å². The highest BCUT2D eigenvalue weighted by molar-refractivity contribution is 7.92. The molecule has 0 spiro atoms. The topological polar surface area (TPSA) is 431 Å². The summed E-state index contributed by atoms with van der Waals surface area (Å²) in [5.74, 6) is -0.124. The minimum Gasteiger partial charge on any atom is -0.381 e. The number of urea groups is 5. The zero-order valence-electron chi connectivity index (χ0n) is 85.4. The van der Waals surface area contributed by atoms with E-state index >= 15 is 0 Å². The van der Waals surface area contributed by atoms with Crippen LogP contribution in [0.15, 0.2) is 36.4 Å². The molecule has 17 aliphatic rings. The van der Waals surface area contributed by atoms with Crippen LogP contribution in [-0.2, 0) is 167 Å². The molecule has 10 N–H and O–H groups in total. The van der Waals surface area contributed by atoms with Crippen LogP contribution in [0, 0.1) is 11.7 Å². The number of carbonyl (C=O) groups is 6. The predicted octanol–water partition coefficient (Wildman–Crippen LogP) is 12.0. The Hall–Kier alpha value is -8.68. The van der Waals surface area contributed by atoms with Crippen LogP contribution < -0.4 is 50.2 Å². The van der Waals surface area contributed by atoms with Crippen molar-refractivity contribution in [3.63, 3.8) is 0 Å². The molecule has 9 fully saturated rings. The van der Waals surface area contributed by atoms with Gasteiger partial charge >= 0.3 is 30.2 Å². The number of hydrogen-bond donors (Lipinski definition) is 10. The summed E-state index contributed by atoms with van der Waals surface area (Å²) in [5.41, 5.74) is 25.2. The molecule has 22 rings (SSSR count). The molecule has 0 radical (unpaired) electrons. The van der Waals surface area contributed by atoms with Gasteiger partial charge in [0, 0.05) is 151 Å². The number of amides is 11. The molecule has 9 saturated heterocycles. The summed E-state index contributed by atoms with van der Waals surface area (Å²) in [6, 6.07) is 10.1. The predicted molar refractivity (Wildman–Crippen MR) is 559 cm³/mol. The number of anilines is 5. The molecule has 7 atom stereocenters. The molecule has 9 heterocycles. The number of hydrogen-bond acceptors (Lipinski definition) is 23. The molecule has 0 aromatic heterocycles. The Morgan fingerprint density at radius 1 is 0.386 bits per heavy atom. The zero-order valence-corrected chi connectivity index (χ0v) is 89.4. The normalized spacial score (nSPS) is 23.6. The number of fused-ring (bicyclic) bond motifs is 10. The molecular weight excluding hydrogens is 1950 g/mol. The monoisotopic (exact) mass is 2100 g/mol. The number of likely N-dealkylation sites (N-methyl/N-ethyl adjacent to an activating group) is 1.